The largest absolute Gasteiger partial charge is 0.454 e. The van der Waals surface area contributed by atoms with Crippen molar-refractivity contribution in [3.8, 4) is 0 Å². The molecule has 0 radical (unpaired) electrons. The van der Waals surface area contributed by atoms with Crippen molar-refractivity contribution in [3.63, 3.8) is 0 Å². The molecule has 1 aromatic heterocycles. The Morgan fingerprint density at radius 3 is 2.50 bits per heavy atom. The second-order valence-corrected chi connectivity index (χ2v) is 5.74. The highest BCUT2D eigenvalue weighted by Gasteiger charge is 2.21. The lowest BCUT2D eigenvalue weighted by atomic mass is 10.1. The maximum absolute atomic E-state index is 13.6. The van der Waals surface area contributed by atoms with Crippen molar-refractivity contribution in [2.45, 2.75) is 20.8 Å². The zero-order valence-corrected chi connectivity index (χ0v) is 14.1. The zero-order chi connectivity index (χ0) is 18.0. The first kappa shape index (κ1) is 17.9. The summed E-state index contributed by atoms with van der Waals surface area (Å²) in [6.07, 6.45) is 0. The molecule has 1 aromatic carbocycles. The molecule has 1 heterocycles. The van der Waals surface area contributed by atoms with Gasteiger partial charge in [0.05, 0.1) is 11.3 Å². The average molecular weight is 352 g/mol. The lowest BCUT2D eigenvalue weighted by Crippen LogP contribution is -2.16. The lowest BCUT2D eigenvalue weighted by Gasteiger charge is -2.06. The summed E-state index contributed by atoms with van der Waals surface area (Å²) in [5.41, 5.74) is 1.34. The number of hydrogen-bond donors (Lipinski definition) is 1. The van der Waals surface area contributed by atoms with Gasteiger partial charge in [-0.2, -0.15) is 0 Å². The molecular formula is C17H15ClFNO4. The number of aromatic nitrogens is 1. The maximum atomic E-state index is 13.6. The summed E-state index contributed by atoms with van der Waals surface area (Å²) in [4.78, 5) is 38.5. The van der Waals surface area contributed by atoms with Gasteiger partial charge in [-0.1, -0.05) is 11.6 Å². The van der Waals surface area contributed by atoms with Crippen molar-refractivity contribution in [2.24, 2.45) is 0 Å². The molecule has 0 saturated carbocycles. The molecular weight excluding hydrogens is 337 g/mol. The van der Waals surface area contributed by atoms with E-state index in [2.05, 4.69) is 4.98 Å². The number of nitrogens with one attached hydrogen (secondary N) is 1. The van der Waals surface area contributed by atoms with Gasteiger partial charge in [0.1, 0.15) is 5.82 Å². The second kappa shape index (κ2) is 6.97. The molecule has 0 spiro atoms. The van der Waals surface area contributed by atoms with Crippen LogP contribution in [0, 0.1) is 19.7 Å². The molecule has 0 saturated heterocycles. The highest BCUT2D eigenvalue weighted by atomic mass is 35.5. The highest BCUT2D eigenvalue weighted by molar-refractivity contribution is 6.30. The monoisotopic (exact) mass is 351 g/mol. The molecule has 0 aliphatic carbocycles. The van der Waals surface area contributed by atoms with Crippen LogP contribution in [0.4, 0.5) is 4.39 Å². The van der Waals surface area contributed by atoms with Crippen LogP contribution in [0.1, 0.15) is 49.4 Å². The number of H-pyrrole nitrogens is 1. The van der Waals surface area contributed by atoms with Crippen LogP contribution in [0.3, 0.4) is 0 Å². The molecule has 0 atom stereocenters. The number of halogens is 2. The number of Topliss-reactive ketones (excluding diaryl/α,β-unsaturated/α-hetero) is 2. The number of esters is 1. The Bertz CT molecular complexity index is 841. The van der Waals surface area contributed by atoms with Crippen LogP contribution in [-0.4, -0.2) is 29.1 Å². The Morgan fingerprint density at radius 2 is 1.92 bits per heavy atom. The quantitative estimate of drug-likeness (QED) is 0.658. The molecule has 7 heteroatoms. The van der Waals surface area contributed by atoms with Gasteiger partial charge < -0.3 is 9.72 Å². The molecule has 126 valence electrons. The first-order chi connectivity index (χ1) is 11.2. The predicted octanol–water partition coefficient (Wildman–Crippen LogP) is 3.67. The Morgan fingerprint density at radius 1 is 1.25 bits per heavy atom. The third-order valence-electron chi connectivity index (χ3n) is 3.55. The van der Waals surface area contributed by atoms with E-state index in [1.165, 1.54) is 13.0 Å². The van der Waals surface area contributed by atoms with Crippen LogP contribution in [0.25, 0.3) is 0 Å². The summed E-state index contributed by atoms with van der Waals surface area (Å²) >= 11 is 5.71. The van der Waals surface area contributed by atoms with Gasteiger partial charge in [0.25, 0.3) is 0 Å². The Hall–Kier alpha value is -2.47. The third-order valence-corrected chi connectivity index (χ3v) is 3.79. The summed E-state index contributed by atoms with van der Waals surface area (Å²) in [5, 5.41) is 0.177. The van der Waals surface area contributed by atoms with E-state index in [0.29, 0.717) is 16.8 Å². The van der Waals surface area contributed by atoms with Gasteiger partial charge in [-0.05, 0) is 44.5 Å². The van der Waals surface area contributed by atoms with Crippen molar-refractivity contribution in [2.75, 3.05) is 6.61 Å². The number of carbonyl (C=O) groups is 3. The van der Waals surface area contributed by atoms with Crippen LogP contribution < -0.4 is 0 Å². The number of ketones is 2. The van der Waals surface area contributed by atoms with Crippen LogP contribution in [-0.2, 0) is 4.74 Å². The summed E-state index contributed by atoms with van der Waals surface area (Å²) in [7, 11) is 0. The normalized spacial score (nSPS) is 10.5. The Labute approximate surface area is 142 Å². The van der Waals surface area contributed by atoms with Crippen molar-refractivity contribution >= 4 is 29.1 Å². The van der Waals surface area contributed by atoms with Gasteiger partial charge in [-0.3, -0.25) is 9.59 Å². The van der Waals surface area contributed by atoms with Crippen molar-refractivity contribution in [1.82, 2.24) is 4.98 Å². The first-order valence-corrected chi connectivity index (χ1v) is 7.45. The molecule has 0 amide bonds. The number of ether oxygens (including phenoxy) is 1. The molecule has 0 aliphatic rings. The smallest absolute Gasteiger partial charge is 0.341 e. The number of rotatable bonds is 5. The number of aromatic amines is 1. The molecule has 5 nitrogen and oxygen atoms in total. The van der Waals surface area contributed by atoms with Crippen molar-refractivity contribution < 1.29 is 23.5 Å². The van der Waals surface area contributed by atoms with Crippen molar-refractivity contribution in [1.29, 1.82) is 0 Å². The Kier molecular flexibility index (Phi) is 5.19. The number of aryl methyl sites for hydroxylation is 1. The van der Waals surface area contributed by atoms with Gasteiger partial charge in [-0.15, -0.1) is 0 Å². The molecule has 2 aromatic rings. The summed E-state index contributed by atoms with van der Waals surface area (Å²) < 4.78 is 18.4. The van der Waals surface area contributed by atoms with Gasteiger partial charge >= 0.3 is 5.97 Å². The van der Waals surface area contributed by atoms with E-state index in [1.807, 2.05) is 0 Å². The molecule has 1 N–H and O–H groups in total. The van der Waals surface area contributed by atoms with Crippen LogP contribution >= 0.6 is 11.6 Å². The number of benzene rings is 1. The third kappa shape index (κ3) is 3.54. The van der Waals surface area contributed by atoms with E-state index in [1.54, 1.807) is 13.8 Å². The molecule has 0 aliphatic heterocycles. The molecule has 0 fully saturated rings. The molecule has 0 unspecified atom stereocenters. The lowest BCUT2D eigenvalue weighted by molar-refractivity contribution is 0.0468. The topological polar surface area (TPSA) is 76.2 Å². The highest BCUT2D eigenvalue weighted by Crippen LogP contribution is 2.20. The standard InChI is InChI=1S/C17H15ClFNO4/c1-8-15(10(3)21)9(2)20-16(8)14(22)7-24-17(23)12-6-11(18)4-5-13(12)19/h4-6,20H,7H2,1-3H3. The predicted molar refractivity (Wildman–Crippen MR) is 86.3 cm³/mol. The van der Waals surface area contributed by atoms with Gasteiger partial charge in [0, 0.05) is 16.3 Å². The fraction of sp³-hybridized carbons (Fsp3) is 0.235. The molecule has 0 bridgehead atoms. The van der Waals surface area contributed by atoms with Gasteiger partial charge in [0.15, 0.2) is 12.4 Å². The van der Waals surface area contributed by atoms with Crippen LogP contribution in [0.15, 0.2) is 18.2 Å². The van der Waals surface area contributed by atoms with Crippen LogP contribution in [0.5, 0.6) is 0 Å². The maximum Gasteiger partial charge on any atom is 0.341 e. The minimum Gasteiger partial charge on any atom is -0.454 e. The fourth-order valence-electron chi connectivity index (χ4n) is 2.49. The van der Waals surface area contributed by atoms with Crippen molar-refractivity contribution in [3.05, 3.63) is 57.1 Å². The molecule has 2 rings (SSSR count). The van der Waals surface area contributed by atoms with E-state index in [0.717, 1.165) is 12.1 Å². The van der Waals surface area contributed by atoms with Gasteiger partial charge in [0.2, 0.25) is 5.78 Å². The van der Waals surface area contributed by atoms with E-state index in [4.69, 9.17) is 16.3 Å². The summed E-state index contributed by atoms with van der Waals surface area (Å²) in [6, 6.07) is 3.47. The summed E-state index contributed by atoms with van der Waals surface area (Å²) in [6.45, 7) is 4.13. The fourth-order valence-corrected chi connectivity index (χ4v) is 2.66. The van der Waals surface area contributed by atoms with Gasteiger partial charge in [-0.25, -0.2) is 9.18 Å². The molecule has 24 heavy (non-hydrogen) atoms. The SMILES string of the molecule is CC(=O)c1c(C)[nH]c(C(=O)COC(=O)c2cc(Cl)ccc2F)c1C. The second-order valence-electron chi connectivity index (χ2n) is 5.30. The van der Waals surface area contributed by atoms with E-state index < -0.39 is 24.2 Å². The van der Waals surface area contributed by atoms with Crippen LogP contribution in [0.2, 0.25) is 5.02 Å². The summed E-state index contributed by atoms with van der Waals surface area (Å²) in [5.74, 6) is -2.46. The zero-order valence-electron chi connectivity index (χ0n) is 13.3. The minimum atomic E-state index is -0.990. The number of carbonyl (C=O) groups excluding carboxylic acids is 3. The Balaban J connectivity index is 2.14. The van der Waals surface area contributed by atoms with E-state index >= 15 is 0 Å². The minimum absolute atomic E-state index is 0.168. The number of hydrogen-bond acceptors (Lipinski definition) is 4. The first-order valence-electron chi connectivity index (χ1n) is 7.07. The average Bonchev–Trinajstić information content (AvgIpc) is 2.81. The van der Waals surface area contributed by atoms with E-state index in [-0.39, 0.29) is 22.1 Å². The van der Waals surface area contributed by atoms with E-state index in [9.17, 15) is 18.8 Å².